The molecule has 2 aliphatic rings. The van der Waals surface area contributed by atoms with Crippen molar-refractivity contribution in [2.24, 2.45) is 17.6 Å². The molecule has 2 fully saturated rings. The first-order valence-electron chi connectivity index (χ1n) is 8.56. The van der Waals surface area contributed by atoms with E-state index in [0.717, 1.165) is 38.5 Å². The van der Waals surface area contributed by atoms with Gasteiger partial charge in [-0.15, -0.1) is 0 Å². The van der Waals surface area contributed by atoms with E-state index >= 15 is 0 Å². The highest BCUT2D eigenvalue weighted by molar-refractivity contribution is 7.89. The molecule has 2 aliphatic carbocycles. The fourth-order valence-electron chi connectivity index (χ4n) is 4.01. The average molecular weight is 317 g/mol. The molecule has 0 saturated heterocycles. The van der Waals surface area contributed by atoms with Gasteiger partial charge in [0.1, 0.15) is 0 Å². The van der Waals surface area contributed by atoms with Gasteiger partial charge in [-0.1, -0.05) is 26.2 Å². The highest BCUT2D eigenvalue weighted by Gasteiger charge is 2.42. The van der Waals surface area contributed by atoms with Gasteiger partial charge in [-0.3, -0.25) is 0 Å². The Morgan fingerprint density at radius 1 is 1.10 bits per heavy atom. The molecule has 124 valence electrons. The van der Waals surface area contributed by atoms with Gasteiger partial charge in [-0.25, -0.2) is 8.42 Å². The van der Waals surface area contributed by atoms with E-state index in [-0.39, 0.29) is 5.54 Å². The molecule has 0 atom stereocenters. The van der Waals surface area contributed by atoms with Gasteiger partial charge in [0.2, 0.25) is 10.0 Å². The van der Waals surface area contributed by atoms with Crippen molar-refractivity contribution < 1.29 is 8.42 Å². The van der Waals surface area contributed by atoms with Crippen LogP contribution in [0, 0.1) is 11.8 Å². The Morgan fingerprint density at radius 3 is 2.19 bits per heavy atom. The second-order valence-corrected chi connectivity index (χ2v) is 9.41. The maximum Gasteiger partial charge on any atom is 0.214 e. The highest BCUT2D eigenvalue weighted by Crippen LogP contribution is 2.37. The van der Waals surface area contributed by atoms with Gasteiger partial charge in [0.05, 0.1) is 5.75 Å². The lowest BCUT2D eigenvalue weighted by Gasteiger charge is -2.45. The molecule has 0 heterocycles. The highest BCUT2D eigenvalue weighted by atomic mass is 32.2. The van der Waals surface area contributed by atoms with Gasteiger partial charge in [0.25, 0.3) is 0 Å². The van der Waals surface area contributed by atoms with Gasteiger partial charge in [0.15, 0.2) is 0 Å². The monoisotopic (exact) mass is 316 g/mol. The Kier molecular flexibility index (Phi) is 5.71. The van der Waals surface area contributed by atoms with Crippen molar-refractivity contribution in [3.05, 3.63) is 0 Å². The van der Waals surface area contributed by atoms with E-state index in [1.54, 1.807) is 11.4 Å². The van der Waals surface area contributed by atoms with Crippen molar-refractivity contribution in [2.45, 2.75) is 70.3 Å². The fraction of sp³-hybridized carbons (Fsp3) is 1.00. The molecular formula is C16H32N2O2S. The summed E-state index contributed by atoms with van der Waals surface area (Å²) >= 11 is 0. The van der Waals surface area contributed by atoms with Crippen molar-refractivity contribution in [3.8, 4) is 0 Å². The van der Waals surface area contributed by atoms with E-state index in [1.165, 1.54) is 19.3 Å². The Morgan fingerprint density at radius 2 is 1.67 bits per heavy atom. The maximum atomic E-state index is 12.8. The molecule has 5 heteroatoms. The van der Waals surface area contributed by atoms with E-state index in [4.69, 9.17) is 5.73 Å². The van der Waals surface area contributed by atoms with E-state index in [2.05, 4.69) is 6.92 Å². The molecule has 0 spiro atoms. The molecule has 0 aliphatic heterocycles. The molecule has 0 aromatic rings. The van der Waals surface area contributed by atoms with Gasteiger partial charge in [-0.2, -0.15) is 4.31 Å². The molecule has 0 radical (unpaired) electrons. The van der Waals surface area contributed by atoms with Crippen LogP contribution in [-0.2, 0) is 10.0 Å². The lowest BCUT2D eigenvalue weighted by Crippen LogP contribution is -2.56. The third-order valence-corrected chi connectivity index (χ3v) is 7.96. The summed E-state index contributed by atoms with van der Waals surface area (Å²) in [5.74, 6) is 1.36. The van der Waals surface area contributed by atoms with Gasteiger partial charge in [0, 0.05) is 19.1 Å². The molecule has 2 rings (SSSR count). The first-order chi connectivity index (χ1) is 9.89. The topological polar surface area (TPSA) is 63.4 Å². The third-order valence-electron chi connectivity index (χ3n) is 5.84. The van der Waals surface area contributed by atoms with Gasteiger partial charge < -0.3 is 5.73 Å². The summed E-state index contributed by atoms with van der Waals surface area (Å²) in [6.45, 7) is 2.69. The van der Waals surface area contributed by atoms with Crippen LogP contribution in [-0.4, -0.2) is 37.6 Å². The number of nitrogens with zero attached hydrogens (tertiary/aromatic N) is 1. The standard InChI is InChI=1S/C16H32N2O2S/c1-14-8-10-16(13-17,11-9-14)18(2)21(19,20)12-15-6-4-3-5-7-15/h14-15H,3-13,17H2,1-2H3. The summed E-state index contributed by atoms with van der Waals surface area (Å²) in [5, 5.41) is 0. The number of hydrogen-bond acceptors (Lipinski definition) is 3. The Hall–Kier alpha value is -0.130. The number of sulfonamides is 1. The van der Waals surface area contributed by atoms with Crippen LogP contribution in [0.2, 0.25) is 0 Å². The zero-order chi connectivity index (χ0) is 15.5. The van der Waals surface area contributed by atoms with Crippen LogP contribution in [0.25, 0.3) is 0 Å². The maximum absolute atomic E-state index is 12.8. The number of likely N-dealkylation sites (N-methyl/N-ethyl adjacent to an activating group) is 1. The normalized spacial score (nSPS) is 32.5. The van der Waals surface area contributed by atoms with Crippen molar-refractivity contribution >= 4 is 10.0 Å². The molecular weight excluding hydrogens is 284 g/mol. The summed E-state index contributed by atoms with van der Waals surface area (Å²) in [6.07, 6.45) is 9.75. The number of nitrogens with two attached hydrogens (primary N) is 1. The Balaban J connectivity index is 2.06. The van der Waals surface area contributed by atoms with Crippen molar-refractivity contribution in [2.75, 3.05) is 19.3 Å². The minimum Gasteiger partial charge on any atom is -0.329 e. The van der Waals surface area contributed by atoms with Crippen molar-refractivity contribution in [1.29, 1.82) is 0 Å². The molecule has 0 aromatic carbocycles. The van der Waals surface area contributed by atoms with Gasteiger partial charge in [-0.05, 0) is 50.4 Å². The molecule has 2 N–H and O–H groups in total. The number of rotatable bonds is 5. The largest absolute Gasteiger partial charge is 0.329 e. The predicted molar refractivity (Wildman–Crippen MR) is 87.5 cm³/mol. The minimum atomic E-state index is -3.19. The van der Waals surface area contributed by atoms with E-state index in [0.29, 0.717) is 24.1 Å². The zero-order valence-corrected chi connectivity index (χ0v) is 14.5. The van der Waals surface area contributed by atoms with E-state index < -0.39 is 10.0 Å². The van der Waals surface area contributed by atoms with Crippen LogP contribution in [0.3, 0.4) is 0 Å². The van der Waals surface area contributed by atoms with Crippen LogP contribution in [0.5, 0.6) is 0 Å². The van der Waals surface area contributed by atoms with E-state index in [9.17, 15) is 8.42 Å². The number of hydrogen-bond donors (Lipinski definition) is 1. The summed E-state index contributed by atoms with van der Waals surface area (Å²) < 4.78 is 27.3. The molecule has 0 amide bonds. The van der Waals surface area contributed by atoms with Crippen molar-refractivity contribution in [3.63, 3.8) is 0 Å². The van der Waals surface area contributed by atoms with Crippen LogP contribution in [0.1, 0.15) is 64.7 Å². The van der Waals surface area contributed by atoms with Gasteiger partial charge >= 0.3 is 0 Å². The first-order valence-corrected chi connectivity index (χ1v) is 10.2. The second kappa shape index (κ2) is 6.97. The third kappa shape index (κ3) is 3.99. The molecule has 2 saturated carbocycles. The van der Waals surface area contributed by atoms with E-state index in [1.807, 2.05) is 0 Å². The Labute approximate surface area is 130 Å². The molecule has 0 unspecified atom stereocenters. The smallest absolute Gasteiger partial charge is 0.214 e. The Bertz CT molecular complexity index is 422. The summed E-state index contributed by atoms with van der Waals surface area (Å²) in [5.41, 5.74) is 5.68. The lowest BCUT2D eigenvalue weighted by molar-refractivity contribution is 0.134. The molecule has 0 bridgehead atoms. The summed E-state index contributed by atoms with van der Waals surface area (Å²) in [4.78, 5) is 0. The second-order valence-electron chi connectivity index (χ2n) is 7.36. The SMILES string of the molecule is CC1CCC(CN)(N(C)S(=O)(=O)CC2CCCCC2)CC1. The molecule has 0 aromatic heterocycles. The fourth-order valence-corrected chi connectivity index (χ4v) is 6.01. The minimum absolute atomic E-state index is 0.320. The summed E-state index contributed by atoms with van der Waals surface area (Å²) in [6, 6.07) is 0. The average Bonchev–Trinajstić information content (AvgIpc) is 2.48. The lowest BCUT2D eigenvalue weighted by atomic mass is 9.77. The quantitative estimate of drug-likeness (QED) is 0.848. The van der Waals surface area contributed by atoms with Crippen LogP contribution < -0.4 is 5.73 Å². The molecule has 21 heavy (non-hydrogen) atoms. The van der Waals surface area contributed by atoms with Crippen LogP contribution in [0.15, 0.2) is 0 Å². The van der Waals surface area contributed by atoms with Crippen molar-refractivity contribution in [1.82, 2.24) is 4.31 Å². The molecule has 4 nitrogen and oxygen atoms in total. The van der Waals surface area contributed by atoms with Crippen LogP contribution >= 0.6 is 0 Å². The first kappa shape index (κ1) is 17.2. The predicted octanol–water partition coefficient (Wildman–Crippen LogP) is 2.74. The summed E-state index contributed by atoms with van der Waals surface area (Å²) in [7, 11) is -1.43. The van der Waals surface area contributed by atoms with Crippen LogP contribution in [0.4, 0.5) is 0 Å². The zero-order valence-electron chi connectivity index (χ0n) is 13.7.